The highest BCUT2D eigenvalue weighted by Crippen LogP contribution is 2.23. The fourth-order valence-electron chi connectivity index (χ4n) is 2.86. The van der Waals surface area contributed by atoms with E-state index in [1.165, 1.54) is 44.2 Å². The highest BCUT2D eigenvalue weighted by Gasteiger charge is 2.20. The molecule has 0 saturated heterocycles. The molecule has 1 saturated carbocycles. The average molecular weight is 265 g/mol. The molecule has 0 amide bonds. The Morgan fingerprint density at radius 1 is 1.21 bits per heavy atom. The Morgan fingerprint density at radius 3 is 2.63 bits per heavy atom. The van der Waals surface area contributed by atoms with Gasteiger partial charge in [-0.3, -0.25) is 0 Å². The van der Waals surface area contributed by atoms with E-state index in [4.69, 9.17) is 0 Å². The molecule has 1 fully saturated rings. The maximum absolute atomic E-state index is 12.8. The summed E-state index contributed by atoms with van der Waals surface area (Å²) < 4.78 is 12.8. The van der Waals surface area contributed by atoms with Gasteiger partial charge in [0, 0.05) is 12.6 Å². The molecule has 0 aromatic heterocycles. The quantitative estimate of drug-likeness (QED) is 0.818. The van der Waals surface area contributed by atoms with Crippen molar-refractivity contribution in [2.24, 2.45) is 5.92 Å². The Bertz CT molecular complexity index is 379. The number of benzene rings is 1. The second kappa shape index (κ2) is 7.01. The van der Waals surface area contributed by atoms with Crippen molar-refractivity contribution in [3.63, 3.8) is 0 Å². The van der Waals surface area contributed by atoms with E-state index in [9.17, 15) is 9.50 Å². The summed E-state index contributed by atoms with van der Waals surface area (Å²) in [6.45, 7) is 2.83. The summed E-state index contributed by atoms with van der Waals surface area (Å²) in [5.41, 5.74) is 0.773. The number of nitrogens with one attached hydrogen (secondary N) is 1. The summed E-state index contributed by atoms with van der Waals surface area (Å²) in [4.78, 5) is 0. The lowest BCUT2D eigenvalue weighted by Gasteiger charge is -2.24. The van der Waals surface area contributed by atoms with Crippen LogP contribution < -0.4 is 5.32 Å². The van der Waals surface area contributed by atoms with Crippen molar-refractivity contribution in [3.8, 4) is 0 Å². The Labute approximate surface area is 115 Å². The fraction of sp³-hybridized carbons (Fsp3) is 0.625. The summed E-state index contributed by atoms with van der Waals surface area (Å²) in [5, 5.41) is 13.6. The van der Waals surface area contributed by atoms with Crippen molar-refractivity contribution < 1.29 is 9.50 Å². The van der Waals surface area contributed by atoms with Gasteiger partial charge in [-0.25, -0.2) is 4.39 Å². The van der Waals surface area contributed by atoms with Gasteiger partial charge in [0.05, 0.1) is 6.10 Å². The topological polar surface area (TPSA) is 32.3 Å². The maximum atomic E-state index is 12.8. The van der Waals surface area contributed by atoms with Crippen molar-refractivity contribution >= 4 is 0 Å². The first kappa shape index (κ1) is 14.5. The molecule has 19 heavy (non-hydrogen) atoms. The molecule has 106 valence electrons. The van der Waals surface area contributed by atoms with Crippen molar-refractivity contribution in [2.75, 3.05) is 6.54 Å². The molecule has 3 atom stereocenters. The molecule has 2 nitrogen and oxygen atoms in total. The van der Waals surface area contributed by atoms with Gasteiger partial charge in [-0.1, -0.05) is 38.3 Å². The van der Waals surface area contributed by atoms with E-state index in [1.807, 2.05) is 0 Å². The van der Waals surface area contributed by atoms with Crippen LogP contribution in [0, 0.1) is 11.7 Å². The Kier molecular flexibility index (Phi) is 5.34. The second-order valence-corrected chi connectivity index (χ2v) is 5.70. The minimum absolute atomic E-state index is 0.263. The van der Waals surface area contributed by atoms with E-state index in [0.717, 1.165) is 5.56 Å². The molecular formula is C16H24FNO. The predicted octanol–water partition coefficient (Wildman–Crippen LogP) is 3.42. The fourth-order valence-corrected chi connectivity index (χ4v) is 2.86. The molecule has 1 aromatic carbocycles. The molecule has 1 aromatic rings. The first-order valence-electron chi connectivity index (χ1n) is 7.33. The lowest BCUT2D eigenvalue weighted by atomic mass is 9.96. The molecule has 1 aliphatic rings. The van der Waals surface area contributed by atoms with Crippen LogP contribution in [0.4, 0.5) is 4.39 Å². The van der Waals surface area contributed by atoms with Crippen molar-refractivity contribution in [1.82, 2.24) is 5.32 Å². The third kappa shape index (κ3) is 4.29. The van der Waals surface area contributed by atoms with Gasteiger partial charge in [0.15, 0.2) is 0 Å². The monoisotopic (exact) mass is 265 g/mol. The lowest BCUT2D eigenvalue weighted by Crippen LogP contribution is -2.37. The van der Waals surface area contributed by atoms with Gasteiger partial charge < -0.3 is 10.4 Å². The van der Waals surface area contributed by atoms with Gasteiger partial charge >= 0.3 is 0 Å². The molecule has 0 aliphatic heterocycles. The molecule has 2 rings (SSSR count). The van der Waals surface area contributed by atoms with Gasteiger partial charge in [-0.15, -0.1) is 0 Å². The molecule has 0 radical (unpaired) electrons. The third-order valence-corrected chi connectivity index (χ3v) is 4.19. The number of halogens is 1. The Morgan fingerprint density at radius 2 is 1.89 bits per heavy atom. The van der Waals surface area contributed by atoms with Crippen LogP contribution in [0.5, 0.6) is 0 Å². The van der Waals surface area contributed by atoms with Crippen LogP contribution in [0.15, 0.2) is 24.3 Å². The van der Waals surface area contributed by atoms with E-state index in [1.54, 1.807) is 12.1 Å². The largest absolute Gasteiger partial charge is 0.387 e. The zero-order valence-corrected chi connectivity index (χ0v) is 11.6. The SMILES string of the molecule is CC1CCCCCC1NCC(O)c1ccc(F)cc1. The van der Waals surface area contributed by atoms with E-state index in [0.29, 0.717) is 18.5 Å². The Balaban J connectivity index is 1.85. The van der Waals surface area contributed by atoms with E-state index < -0.39 is 6.10 Å². The van der Waals surface area contributed by atoms with Crippen LogP contribution in [0.25, 0.3) is 0 Å². The van der Waals surface area contributed by atoms with Gasteiger partial charge in [-0.2, -0.15) is 0 Å². The van der Waals surface area contributed by atoms with Crippen LogP contribution in [0.3, 0.4) is 0 Å². The highest BCUT2D eigenvalue weighted by molar-refractivity contribution is 5.18. The molecule has 0 bridgehead atoms. The average Bonchev–Trinajstić information content (AvgIpc) is 2.61. The summed E-state index contributed by atoms with van der Waals surface area (Å²) in [5.74, 6) is 0.407. The highest BCUT2D eigenvalue weighted by atomic mass is 19.1. The van der Waals surface area contributed by atoms with Crippen molar-refractivity contribution in [2.45, 2.75) is 51.2 Å². The standard InChI is InChI=1S/C16H24FNO/c1-12-5-3-2-4-6-15(12)18-11-16(19)13-7-9-14(17)10-8-13/h7-10,12,15-16,18-19H,2-6,11H2,1H3. The number of hydrogen-bond donors (Lipinski definition) is 2. The van der Waals surface area contributed by atoms with Crippen LogP contribution in [0.1, 0.15) is 50.7 Å². The van der Waals surface area contributed by atoms with Crippen LogP contribution in [0.2, 0.25) is 0 Å². The first-order valence-corrected chi connectivity index (χ1v) is 7.33. The summed E-state index contributed by atoms with van der Waals surface area (Å²) >= 11 is 0. The minimum Gasteiger partial charge on any atom is -0.387 e. The minimum atomic E-state index is -0.559. The van der Waals surface area contributed by atoms with Crippen LogP contribution in [-0.4, -0.2) is 17.7 Å². The Hall–Kier alpha value is -0.930. The van der Waals surface area contributed by atoms with Gasteiger partial charge in [0.1, 0.15) is 5.82 Å². The summed E-state index contributed by atoms with van der Waals surface area (Å²) in [6.07, 6.45) is 5.81. The lowest BCUT2D eigenvalue weighted by molar-refractivity contribution is 0.163. The zero-order chi connectivity index (χ0) is 13.7. The molecule has 2 N–H and O–H groups in total. The number of hydrogen-bond acceptors (Lipinski definition) is 2. The first-order chi connectivity index (χ1) is 9.16. The second-order valence-electron chi connectivity index (χ2n) is 5.70. The van der Waals surface area contributed by atoms with Crippen LogP contribution >= 0.6 is 0 Å². The molecule has 3 unspecified atom stereocenters. The van der Waals surface area contributed by atoms with Crippen LogP contribution in [-0.2, 0) is 0 Å². The molecular weight excluding hydrogens is 241 g/mol. The van der Waals surface area contributed by atoms with E-state index >= 15 is 0 Å². The molecule has 1 aliphatic carbocycles. The van der Waals surface area contributed by atoms with Crippen molar-refractivity contribution in [3.05, 3.63) is 35.6 Å². The maximum Gasteiger partial charge on any atom is 0.123 e. The number of aliphatic hydroxyl groups is 1. The molecule has 3 heteroatoms. The molecule has 0 spiro atoms. The molecule has 0 heterocycles. The number of aliphatic hydroxyl groups excluding tert-OH is 1. The van der Waals surface area contributed by atoms with E-state index in [2.05, 4.69) is 12.2 Å². The van der Waals surface area contributed by atoms with Gasteiger partial charge in [-0.05, 0) is 36.5 Å². The third-order valence-electron chi connectivity index (χ3n) is 4.19. The van der Waals surface area contributed by atoms with E-state index in [-0.39, 0.29) is 5.82 Å². The number of rotatable bonds is 4. The van der Waals surface area contributed by atoms with Crippen molar-refractivity contribution in [1.29, 1.82) is 0 Å². The smallest absolute Gasteiger partial charge is 0.123 e. The summed E-state index contributed by atoms with van der Waals surface area (Å²) in [7, 11) is 0. The summed E-state index contributed by atoms with van der Waals surface area (Å²) in [6, 6.07) is 6.59. The zero-order valence-electron chi connectivity index (χ0n) is 11.6. The van der Waals surface area contributed by atoms with Gasteiger partial charge in [0.25, 0.3) is 0 Å². The normalized spacial score (nSPS) is 25.8. The van der Waals surface area contributed by atoms with Gasteiger partial charge in [0.2, 0.25) is 0 Å². The predicted molar refractivity (Wildman–Crippen MR) is 75.4 cm³/mol.